The Morgan fingerprint density at radius 3 is 2.47 bits per heavy atom. The third-order valence-electron chi connectivity index (χ3n) is 5.31. The minimum Gasteiger partial charge on any atom is -0.494 e. The van der Waals surface area contributed by atoms with E-state index in [4.69, 9.17) is 16.3 Å². The van der Waals surface area contributed by atoms with Gasteiger partial charge in [0.25, 0.3) is 5.91 Å². The van der Waals surface area contributed by atoms with Crippen molar-refractivity contribution in [3.8, 4) is 5.75 Å². The van der Waals surface area contributed by atoms with Crippen LogP contribution in [0.1, 0.15) is 18.9 Å². The number of carbonyl (C=O) groups is 3. The van der Waals surface area contributed by atoms with Gasteiger partial charge in [-0.15, -0.1) is 0 Å². The third kappa shape index (κ3) is 5.18. The van der Waals surface area contributed by atoms with Crippen LogP contribution in [0.4, 0.5) is 16.2 Å². The van der Waals surface area contributed by atoms with Crippen LogP contribution in [0, 0.1) is 0 Å². The molecule has 1 saturated heterocycles. The number of halogens is 1. The van der Waals surface area contributed by atoms with Gasteiger partial charge in [0.2, 0.25) is 5.91 Å². The zero-order chi connectivity index (χ0) is 24.1. The fourth-order valence-electron chi connectivity index (χ4n) is 3.72. The van der Waals surface area contributed by atoms with Crippen LogP contribution in [0.2, 0.25) is 5.02 Å². The topological polar surface area (TPSA) is 91.8 Å². The predicted octanol–water partition coefficient (Wildman–Crippen LogP) is 4.50. The zero-order valence-corrected chi connectivity index (χ0v) is 19.2. The molecule has 9 heteroatoms. The van der Waals surface area contributed by atoms with E-state index < -0.39 is 18.0 Å². The Bertz CT molecular complexity index is 1170. The minimum atomic E-state index is -0.967. The number of urea groups is 1. The summed E-state index contributed by atoms with van der Waals surface area (Å²) in [5, 5.41) is 3.27. The van der Waals surface area contributed by atoms with Crippen LogP contribution >= 0.6 is 11.6 Å². The van der Waals surface area contributed by atoms with Gasteiger partial charge in [-0.05, 0) is 67.1 Å². The summed E-state index contributed by atoms with van der Waals surface area (Å²) in [6.07, 6.45) is 3.06. The van der Waals surface area contributed by atoms with Gasteiger partial charge in [0.1, 0.15) is 11.8 Å². The Hall–Kier alpha value is -3.91. The summed E-state index contributed by atoms with van der Waals surface area (Å²) in [4.78, 5) is 46.0. The first kappa shape index (κ1) is 23.3. The second-order valence-corrected chi connectivity index (χ2v) is 8.08. The third-order valence-corrected chi connectivity index (χ3v) is 5.56. The molecular weight excluding hydrogens is 456 g/mol. The summed E-state index contributed by atoms with van der Waals surface area (Å²) in [6.45, 7) is 2.57. The van der Waals surface area contributed by atoms with Crippen LogP contribution in [-0.4, -0.2) is 40.4 Å². The van der Waals surface area contributed by atoms with E-state index in [1.54, 1.807) is 67.0 Å². The molecule has 8 nitrogen and oxygen atoms in total. The van der Waals surface area contributed by atoms with Gasteiger partial charge in [0.05, 0.1) is 18.7 Å². The molecule has 1 N–H and O–H groups in total. The van der Waals surface area contributed by atoms with Crippen molar-refractivity contribution in [3.05, 3.63) is 83.6 Å². The Labute approximate surface area is 202 Å². The first-order chi connectivity index (χ1) is 16.5. The van der Waals surface area contributed by atoms with Gasteiger partial charge in [-0.2, -0.15) is 0 Å². The summed E-state index contributed by atoms with van der Waals surface area (Å²) >= 11 is 5.96. The maximum Gasteiger partial charge on any atom is 0.332 e. The van der Waals surface area contributed by atoms with Crippen molar-refractivity contribution in [2.24, 2.45) is 0 Å². The van der Waals surface area contributed by atoms with Crippen LogP contribution in [0.3, 0.4) is 0 Å². The lowest BCUT2D eigenvalue weighted by Gasteiger charge is -2.21. The van der Waals surface area contributed by atoms with Gasteiger partial charge in [-0.3, -0.25) is 14.6 Å². The fourth-order valence-corrected chi connectivity index (χ4v) is 3.84. The standard InChI is InChI=1S/C25H23ClN4O4/c1-2-34-21-11-7-19(8-12-21)28-23(31)14-22-24(32)30(20-9-5-18(26)6-10-20)25(33)29(22)16-17-4-3-13-27-15-17/h3-13,15,22H,2,14,16H2,1H3,(H,28,31)/t22-/m0/s1. The number of hydrogen-bond acceptors (Lipinski definition) is 5. The quantitative estimate of drug-likeness (QED) is 0.481. The van der Waals surface area contributed by atoms with Gasteiger partial charge >= 0.3 is 6.03 Å². The van der Waals surface area contributed by atoms with Crippen molar-refractivity contribution in [1.82, 2.24) is 9.88 Å². The van der Waals surface area contributed by atoms with E-state index >= 15 is 0 Å². The number of rotatable bonds is 8. The van der Waals surface area contributed by atoms with Gasteiger partial charge in [0, 0.05) is 29.6 Å². The molecule has 1 aromatic heterocycles. The van der Waals surface area contributed by atoms with E-state index in [2.05, 4.69) is 10.3 Å². The van der Waals surface area contributed by atoms with Crippen molar-refractivity contribution in [2.75, 3.05) is 16.8 Å². The highest BCUT2D eigenvalue weighted by Gasteiger charge is 2.46. The van der Waals surface area contributed by atoms with Gasteiger partial charge in [-0.1, -0.05) is 17.7 Å². The van der Waals surface area contributed by atoms with E-state index in [0.29, 0.717) is 28.8 Å². The number of aromatic nitrogens is 1. The Morgan fingerprint density at radius 1 is 1.09 bits per heavy atom. The number of amides is 4. The van der Waals surface area contributed by atoms with Crippen molar-refractivity contribution in [1.29, 1.82) is 0 Å². The number of hydrogen-bond donors (Lipinski definition) is 1. The Kier molecular flexibility index (Phi) is 7.08. The molecule has 0 saturated carbocycles. The SMILES string of the molecule is CCOc1ccc(NC(=O)C[C@H]2C(=O)N(c3ccc(Cl)cc3)C(=O)N2Cc2cccnc2)cc1. The number of anilines is 2. The highest BCUT2D eigenvalue weighted by Crippen LogP contribution is 2.29. The molecule has 1 aliphatic heterocycles. The largest absolute Gasteiger partial charge is 0.494 e. The molecule has 1 atom stereocenters. The predicted molar refractivity (Wildman–Crippen MR) is 129 cm³/mol. The lowest BCUT2D eigenvalue weighted by atomic mass is 10.1. The van der Waals surface area contributed by atoms with E-state index in [9.17, 15) is 14.4 Å². The van der Waals surface area contributed by atoms with Crippen molar-refractivity contribution in [2.45, 2.75) is 25.9 Å². The van der Waals surface area contributed by atoms with Crippen LogP contribution < -0.4 is 15.0 Å². The summed E-state index contributed by atoms with van der Waals surface area (Å²) in [7, 11) is 0. The lowest BCUT2D eigenvalue weighted by molar-refractivity contribution is -0.124. The smallest absolute Gasteiger partial charge is 0.332 e. The number of carbonyl (C=O) groups excluding carboxylic acids is 3. The zero-order valence-electron chi connectivity index (χ0n) is 18.5. The summed E-state index contributed by atoms with van der Waals surface area (Å²) in [5.41, 5.74) is 1.71. The van der Waals surface area contributed by atoms with E-state index in [1.165, 1.54) is 4.90 Å². The summed E-state index contributed by atoms with van der Waals surface area (Å²) in [5.74, 6) is -0.166. The van der Waals surface area contributed by atoms with Crippen LogP contribution in [0.15, 0.2) is 73.1 Å². The van der Waals surface area contributed by atoms with E-state index in [1.807, 2.05) is 13.0 Å². The lowest BCUT2D eigenvalue weighted by Crippen LogP contribution is -2.37. The molecule has 0 aliphatic carbocycles. The molecule has 2 heterocycles. The van der Waals surface area contributed by atoms with E-state index in [0.717, 1.165) is 10.5 Å². The number of imide groups is 1. The summed E-state index contributed by atoms with van der Waals surface area (Å²) in [6, 6.07) is 15.4. The van der Waals surface area contributed by atoms with Crippen LogP contribution in [0.25, 0.3) is 0 Å². The Morgan fingerprint density at radius 2 is 1.82 bits per heavy atom. The van der Waals surface area contributed by atoms with Gasteiger partial charge < -0.3 is 15.0 Å². The highest BCUT2D eigenvalue weighted by molar-refractivity contribution is 6.30. The van der Waals surface area contributed by atoms with Crippen molar-refractivity contribution < 1.29 is 19.1 Å². The molecule has 0 unspecified atom stereocenters. The average molecular weight is 479 g/mol. The second kappa shape index (κ2) is 10.4. The molecular formula is C25H23ClN4O4. The monoisotopic (exact) mass is 478 g/mol. The minimum absolute atomic E-state index is 0.142. The second-order valence-electron chi connectivity index (χ2n) is 7.65. The average Bonchev–Trinajstić information content (AvgIpc) is 3.06. The molecule has 174 valence electrons. The first-order valence-electron chi connectivity index (χ1n) is 10.8. The van der Waals surface area contributed by atoms with Gasteiger partial charge in [-0.25, -0.2) is 9.69 Å². The molecule has 3 aromatic rings. The normalized spacial score (nSPS) is 15.5. The van der Waals surface area contributed by atoms with E-state index in [-0.39, 0.29) is 18.9 Å². The van der Waals surface area contributed by atoms with Gasteiger partial charge in [0.15, 0.2) is 0 Å². The molecule has 0 bridgehead atoms. The molecule has 0 spiro atoms. The highest BCUT2D eigenvalue weighted by atomic mass is 35.5. The Balaban J connectivity index is 1.55. The molecule has 2 aromatic carbocycles. The summed E-state index contributed by atoms with van der Waals surface area (Å²) < 4.78 is 5.41. The molecule has 4 rings (SSSR count). The van der Waals surface area contributed by atoms with Crippen molar-refractivity contribution in [3.63, 3.8) is 0 Å². The number of nitrogens with zero attached hydrogens (tertiary/aromatic N) is 3. The maximum absolute atomic E-state index is 13.3. The first-order valence-corrected chi connectivity index (χ1v) is 11.2. The number of nitrogens with one attached hydrogen (secondary N) is 1. The number of ether oxygens (including phenoxy) is 1. The number of benzene rings is 2. The van der Waals surface area contributed by atoms with Crippen molar-refractivity contribution >= 4 is 40.8 Å². The fraction of sp³-hybridized carbons (Fsp3) is 0.200. The molecule has 34 heavy (non-hydrogen) atoms. The molecule has 1 fully saturated rings. The van der Waals surface area contributed by atoms with Crippen LogP contribution in [0.5, 0.6) is 5.75 Å². The molecule has 4 amide bonds. The molecule has 0 radical (unpaired) electrons. The number of pyridine rings is 1. The molecule has 1 aliphatic rings. The maximum atomic E-state index is 13.3. The van der Waals surface area contributed by atoms with Crippen LogP contribution in [-0.2, 0) is 16.1 Å².